The second-order valence-electron chi connectivity index (χ2n) is 4.06. The van der Waals surface area contributed by atoms with Gasteiger partial charge in [0.25, 0.3) is 0 Å². The maximum atomic E-state index is 12.6. The van der Waals surface area contributed by atoms with Gasteiger partial charge in [0.15, 0.2) is 0 Å². The SMILES string of the molecule is CCCCN(CC)c1cc(C(F)(F)F)ncc1N. The highest BCUT2D eigenvalue weighted by atomic mass is 19.4. The lowest BCUT2D eigenvalue weighted by atomic mass is 10.2. The van der Waals surface area contributed by atoms with Crippen LogP contribution in [0, 0.1) is 0 Å². The monoisotopic (exact) mass is 261 g/mol. The number of nitrogens with zero attached hydrogens (tertiary/aromatic N) is 2. The highest BCUT2D eigenvalue weighted by Crippen LogP contribution is 2.32. The van der Waals surface area contributed by atoms with Gasteiger partial charge >= 0.3 is 6.18 Å². The standard InChI is InChI=1S/C12H18F3N3/c1-3-5-6-18(4-2)10-7-11(12(13,14)15)17-8-9(10)16/h7-8H,3-6,16H2,1-2H3. The van der Waals surface area contributed by atoms with E-state index in [9.17, 15) is 13.2 Å². The van der Waals surface area contributed by atoms with E-state index >= 15 is 0 Å². The molecule has 0 saturated heterocycles. The van der Waals surface area contributed by atoms with Crippen molar-refractivity contribution in [3.05, 3.63) is 18.0 Å². The van der Waals surface area contributed by atoms with E-state index in [1.165, 1.54) is 0 Å². The zero-order chi connectivity index (χ0) is 13.8. The summed E-state index contributed by atoms with van der Waals surface area (Å²) in [6, 6.07) is 1.02. The summed E-state index contributed by atoms with van der Waals surface area (Å²) in [6.45, 7) is 5.23. The topological polar surface area (TPSA) is 42.2 Å². The molecule has 0 atom stereocenters. The van der Waals surface area contributed by atoms with Crippen molar-refractivity contribution in [2.24, 2.45) is 0 Å². The van der Waals surface area contributed by atoms with Gasteiger partial charge in [-0.25, -0.2) is 4.98 Å². The summed E-state index contributed by atoms with van der Waals surface area (Å²) in [5.74, 6) is 0. The molecule has 0 spiro atoms. The molecule has 0 radical (unpaired) electrons. The summed E-state index contributed by atoms with van der Waals surface area (Å²) in [5, 5.41) is 0. The molecular formula is C12H18F3N3. The number of halogens is 3. The van der Waals surface area contributed by atoms with Crippen LogP contribution in [0.15, 0.2) is 12.3 Å². The zero-order valence-electron chi connectivity index (χ0n) is 10.6. The molecule has 1 aromatic rings. The third kappa shape index (κ3) is 3.51. The first-order valence-corrected chi connectivity index (χ1v) is 5.97. The summed E-state index contributed by atoms with van der Waals surface area (Å²) in [7, 11) is 0. The number of nitrogens with two attached hydrogens (primary N) is 1. The summed E-state index contributed by atoms with van der Waals surface area (Å²) >= 11 is 0. The quantitative estimate of drug-likeness (QED) is 0.884. The lowest BCUT2D eigenvalue weighted by Crippen LogP contribution is -2.25. The van der Waals surface area contributed by atoms with Crippen LogP contribution in [0.1, 0.15) is 32.4 Å². The minimum absolute atomic E-state index is 0.279. The average molecular weight is 261 g/mol. The van der Waals surface area contributed by atoms with E-state index in [0.717, 1.165) is 25.1 Å². The molecule has 0 unspecified atom stereocenters. The Morgan fingerprint density at radius 2 is 2.00 bits per heavy atom. The van der Waals surface area contributed by atoms with Crippen molar-refractivity contribution in [1.29, 1.82) is 0 Å². The number of unbranched alkanes of at least 4 members (excludes halogenated alkanes) is 1. The molecule has 0 aromatic carbocycles. The molecule has 6 heteroatoms. The van der Waals surface area contributed by atoms with E-state index in [1.807, 2.05) is 18.7 Å². The number of anilines is 2. The van der Waals surface area contributed by atoms with Crippen molar-refractivity contribution in [2.45, 2.75) is 32.9 Å². The van der Waals surface area contributed by atoms with Gasteiger partial charge in [0, 0.05) is 13.1 Å². The van der Waals surface area contributed by atoms with Crippen molar-refractivity contribution in [1.82, 2.24) is 4.98 Å². The maximum Gasteiger partial charge on any atom is 0.433 e. The number of nitrogen functional groups attached to an aromatic ring is 1. The van der Waals surface area contributed by atoms with Crippen LogP contribution in [0.4, 0.5) is 24.5 Å². The van der Waals surface area contributed by atoms with E-state index < -0.39 is 11.9 Å². The van der Waals surface area contributed by atoms with Gasteiger partial charge in [-0.05, 0) is 19.4 Å². The van der Waals surface area contributed by atoms with Crippen LogP contribution in [0.25, 0.3) is 0 Å². The van der Waals surface area contributed by atoms with Crippen LogP contribution in [-0.2, 0) is 6.18 Å². The third-order valence-electron chi connectivity index (χ3n) is 2.71. The van der Waals surface area contributed by atoms with Gasteiger partial charge < -0.3 is 10.6 Å². The number of aromatic nitrogens is 1. The number of rotatable bonds is 5. The molecule has 1 rings (SSSR count). The highest BCUT2D eigenvalue weighted by Gasteiger charge is 2.33. The van der Waals surface area contributed by atoms with Gasteiger partial charge in [0.2, 0.25) is 0 Å². The molecule has 18 heavy (non-hydrogen) atoms. The van der Waals surface area contributed by atoms with Gasteiger partial charge in [-0.15, -0.1) is 0 Å². The minimum atomic E-state index is -4.44. The van der Waals surface area contributed by atoms with E-state index in [4.69, 9.17) is 5.73 Å². The lowest BCUT2D eigenvalue weighted by Gasteiger charge is -2.25. The second-order valence-corrected chi connectivity index (χ2v) is 4.06. The van der Waals surface area contributed by atoms with Crippen molar-refractivity contribution in [3.8, 4) is 0 Å². The fourth-order valence-electron chi connectivity index (χ4n) is 1.68. The Bertz CT molecular complexity index is 391. The summed E-state index contributed by atoms with van der Waals surface area (Å²) < 4.78 is 37.8. The molecule has 1 aromatic heterocycles. The van der Waals surface area contributed by atoms with Gasteiger partial charge in [0.1, 0.15) is 5.69 Å². The first kappa shape index (κ1) is 14.6. The maximum absolute atomic E-state index is 12.6. The Morgan fingerprint density at radius 3 is 2.50 bits per heavy atom. The minimum Gasteiger partial charge on any atom is -0.396 e. The molecule has 0 amide bonds. The van der Waals surface area contributed by atoms with Crippen LogP contribution >= 0.6 is 0 Å². The van der Waals surface area contributed by atoms with Crippen molar-refractivity contribution in [3.63, 3.8) is 0 Å². The largest absolute Gasteiger partial charge is 0.433 e. The Morgan fingerprint density at radius 1 is 1.33 bits per heavy atom. The van der Waals surface area contributed by atoms with E-state index in [2.05, 4.69) is 4.98 Å². The van der Waals surface area contributed by atoms with Crippen molar-refractivity contribution < 1.29 is 13.2 Å². The molecule has 0 aliphatic rings. The Hall–Kier alpha value is -1.46. The van der Waals surface area contributed by atoms with E-state index in [1.54, 1.807) is 0 Å². The van der Waals surface area contributed by atoms with E-state index in [-0.39, 0.29) is 5.69 Å². The molecule has 0 fully saturated rings. The first-order chi connectivity index (χ1) is 8.40. The molecule has 2 N–H and O–H groups in total. The van der Waals surface area contributed by atoms with Crippen LogP contribution in [0.3, 0.4) is 0 Å². The number of hydrogen-bond donors (Lipinski definition) is 1. The molecule has 0 aliphatic carbocycles. The van der Waals surface area contributed by atoms with Gasteiger partial charge in [0.05, 0.1) is 17.6 Å². The summed E-state index contributed by atoms with van der Waals surface area (Å²) in [4.78, 5) is 5.17. The number of hydrogen-bond acceptors (Lipinski definition) is 3. The fraction of sp³-hybridized carbons (Fsp3) is 0.583. The van der Waals surface area contributed by atoms with Gasteiger partial charge in [-0.2, -0.15) is 13.2 Å². The Labute approximate surface area is 105 Å². The summed E-state index contributed by atoms with van der Waals surface area (Å²) in [5.41, 5.74) is 5.50. The van der Waals surface area contributed by atoms with Gasteiger partial charge in [-0.3, -0.25) is 0 Å². The van der Waals surface area contributed by atoms with Crippen molar-refractivity contribution in [2.75, 3.05) is 23.7 Å². The van der Waals surface area contributed by atoms with Crippen LogP contribution < -0.4 is 10.6 Å². The second kappa shape index (κ2) is 5.93. The molecule has 0 saturated carbocycles. The van der Waals surface area contributed by atoms with Crippen molar-refractivity contribution >= 4 is 11.4 Å². The molecule has 0 bridgehead atoms. The fourth-order valence-corrected chi connectivity index (χ4v) is 1.68. The van der Waals surface area contributed by atoms with Gasteiger partial charge in [-0.1, -0.05) is 13.3 Å². The highest BCUT2D eigenvalue weighted by molar-refractivity contribution is 5.67. The Balaban J connectivity index is 3.05. The molecular weight excluding hydrogens is 243 g/mol. The van der Waals surface area contributed by atoms with E-state index in [0.29, 0.717) is 18.8 Å². The molecule has 1 heterocycles. The number of alkyl halides is 3. The smallest absolute Gasteiger partial charge is 0.396 e. The third-order valence-corrected chi connectivity index (χ3v) is 2.71. The normalized spacial score (nSPS) is 11.6. The van der Waals surface area contributed by atoms with Crippen LogP contribution in [0.2, 0.25) is 0 Å². The first-order valence-electron chi connectivity index (χ1n) is 5.97. The average Bonchev–Trinajstić information content (AvgIpc) is 2.30. The lowest BCUT2D eigenvalue weighted by molar-refractivity contribution is -0.141. The summed E-state index contributed by atoms with van der Waals surface area (Å²) in [6.07, 6.45) is -1.47. The zero-order valence-corrected chi connectivity index (χ0v) is 10.6. The molecule has 3 nitrogen and oxygen atoms in total. The Kier molecular flexibility index (Phi) is 4.81. The number of pyridine rings is 1. The predicted octanol–water partition coefficient (Wildman–Crippen LogP) is 3.31. The van der Waals surface area contributed by atoms with Crippen LogP contribution in [-0.4, -0.2) is 18.1 Å². The predicted molar refractivity (Wildman–Crippen MR) is 66.4 cm³/mol. The molecule has 0 aliphatic heterocycles. The molecule has 102 valence electrons. The van der Waals surface area contributed by atoms with Crippen LogP contribution in [0.5, 0.6) is 0 Å².